The predicted molar refractivity (Wildman–Crippen MR) is 51.6 cm³/mol. The molecule has 0 fully saturated rings. The maximum atomic E-state index is 11.1. The van der Waals surface area contributed by atoms with Crippen LogP contribution in [-0.2, 0) is 14.3 Å². The van der Waals surface area contributed by atoms with Gasteiger partial charge in [0.25, 0.3) is 0 Å². The molecule has 14 heavy (non-hydrogen) atoms. The van der Waals surface area contributed by atoms with E-state index >= 15 is 0 Å². The van der Waals surface area contributed by atoms with Crippen molar-refractivity contribution in [2.75, 3.05) is 40.4 Å². The summed E-state index contributed by atoms with van der Waals surface area (Å²) >= 11 is 0. The quantitative estimate of drug-likeness (QED) is 0.497. The summed E-state index contributed by atoms with van der Waals surface area (Å²) in [7, 11) is 3.08. The molecule has 0 bridgehead atoms. The number of likely N-dealkylation sites (N-methyl/N-ethyl adjacent to an activating group) is 1. The van der Waals surface area contributed by atoms with Crippen LogP contribution in [-0.4, -0.2) is 57.1 Å². The molecule has 0 aliphatic heterocycles. The minimum absolute atomic E-state index is 0.0275. The van der Waals surface area contributed by atoms with Crippen molar-refractivity contribution in [2.24, 2.45) is 5.73 Å². The number of hydrogen-bond acceptors (Lipinski definition) is 4. The topological polar surface area (TPSA) is 84.7 Å². The Morgan fingerprint density at radius 2 is 2.14 bits per heavy atom. The van der Waals surface area contributed by atoms with Crippen LogP contribution in [0.3, 0.4) is 0 Å². The third-order valence-corrected chi connectivity index (χ3v) is 1.61. The maximum absolute atomic E-state index is 11.1. The third kappa shape index (κ3) is 5.50. The SMILES string of the molecule is COCCNC(=O)CN(C)C(=O)CN. The van der Waals surface area contributed by atoms with E-state index in [2.05, 4.69) is 5.32 Å². The zero-order valence-electron chi connectivity index (χ0n) is 8.58. The molecule has 0 atom stereocenters. The van der Waals surface area contributed by atoms with Crippen LogP contribution in [0.2, 0.25) is 0 Å². The van der Waals surface area contributed by atoms with E-state index in [1.54, 1.807) is 7.11 Å². The highest BCUT2D eigenvalue weighted by Crippen LogP contribution is 1.82. The Bertz CT molecular complexity index is 196. The fourth-order valence-corrected chi connectivity index (χ4v) is 0.808. The van der Waals surface area contributed by atoms with Gasteiger partial charge in [0.15, 0.2) is 0 Å². The molecule has 6 nitrogen and oxygen atoms in total. The molecule has 0 aliphatic rings. The predicted octanol–water partition coefficient (Wildman–Crippen LogP) is -1.83. The van der Waals surface area contributed by atoms with Crippen LogP contribution in [0.15, 0.2) is 0 Å². The maximum Gasteiger partial charge on any atom is 0.239 e. The average molecular weight is 203 g/mol. The first kappa shape index (κ1) is 12.9. The second-order valence-electron chi connectivity index (χ2n) is 2.80. The van der Waals surface area contributed by atoms with Gasteiger partial charge in [-0.15, -0.1) is 0 Å². The molecule has 0 heterocycles. The van der Waals surface area contributed by atoms with Gasteiger partial charge in [0.2, 0.25) is 11.8 Å². The van der Waals surface area contributed by atoms with Crippen LogP contribution in [0.25, 0.3) is 0 Å². The standard InChI is InChI=1S/C8H17N3O3/c1-11(8(13)5-9)6-7(12)10-3-4-14-2/h3-6,9H2,1-2H3,(H,10,12). The van der Waals surface area contributed by atoms with Gasteiger partial charge in [0, 0.05) is 20.7 Å². The van der Waals surface area contributed by atoms with Gasteiger partial charge in [-0.1, -0.05) is 0 Å². The van der Waals surface area contributed by atoms with Crippen LogP contribution in [0.1, 0.15) is 0 Å². The number of nitrogens with one attached hydrogen (secondary N) is 1. The Labute approximate surface area is 83.4 Å². The lowest BCUT2D eigenvalue weighted by atomic mass is 10.4. The highest BCUT2D eigenvalue weighted by Gasteiger charge is 2.10. The molecule has 3 N–H and O–H groups in total. The molecule has 82 valence electrons. The van der Waals surface area contributed by atoms with Crippen molar-refractivity contribution in [3.63, 3.8) is 0 Å². The van der Waals surface area contributed by atoms with E-state index in [-0.39, 0.29) is 24.9 Å². The molecule has 0 aromatic rings. The van der Waals surface area contributed by atoms with Gasteiger partial charge < -0.3 is 20.7 Å². The number of amides is 2. The molecule has 0 aromatic carbocycles. The van der Waals surface area contributed by atoms with Gasteiger partial charge in [-0.05, 0) is 0 Å². The number of nitrogens with zero attached hydrogens (tertiary/aromatic N) is 1. The van der Waals surface area contributed by atoms with Gasteiger partial charge in [-0.25, -0.2) is 0 Å². The van der Waals surface area contributed by atoms with E-state index in [1.165, 1.54) is 11.9 Å². The van der Waals surface area contributed by atoms with E-state index in [9.17, 15) is 9.59 Å². The Morgan fingerprint density at radius 1 is 1.50 bits per heavy atom. The smallest absolute Gasteiger partial charge is 0.239 e. The molecule has 0 rings (SSSR count). The van der Waals surface area contributed by atoms with Crippen LogP contribution in [0, 0.1) is 0 Å². The highest BCUT2D eigenvalue weighted by molar-refractivity contribution is 5.85. The largest absolute Gasteiger partial charge is 0.383 e. The number of carbonyl (C=O) groups is 2. The number of nitrogens with two attached hydrogens (primary N) is 1. The molecule has 0 aromatic heterocycles. The summed E-state index contributed by atoms with van der Waals surface area (Å²) in [6, 6.07) is 0. The van der Waals surface area contributed by atoms with Crippen LogP contribution in [0.5, 0.6) is 0 Å². The normalized spacial score (nSPS) is 9.64. The number of methoxy groups -OCH3 is 1. The monoisotopic (exact) mass is 203 g/mol. The average Bonchev–Trinajstić information content (AvgIpc) is 2.16. The fraction of sp³-hybridized carbons (Fsp3) is 0.750. The summed E-state index contributed by atoms with van der Waals surface area (Å²) in [5.74, 6) is -0.474. The van der Waals surface area contributed by atoms with E-state index in [0.717, 1.165) is 0 Å². The first-order valence-electron chi connectivity index (χ1n) is 4.31. The van der Waals surface area contributed by atoms with Crippen molar-refractivity contribution < 1.29 is 14.3 Å². The number of hydrogen-bond donors (Lipinski definition) is 2. The Kier molecular flexibility index (Phi) is 6.69. The fourth-order valence-electron chi connectivity index (χ4n) is 0.808. The summed E-state index contributed by atoms with van der Waals surface area (Å²) < 4.78 is 4.75. The Hall–Kier alpha value is -1.14. The van der Waals surface area contributed by atoms with E-state index in [0.29, 0.717) is 13.2 Å². The second kappa shape index (κ2) is 7.28. The first-order chi connectivity index (χ1) is 6.61. The summed E-state index contributed by atoms with van der Waals surface area (Å²) in [5, 5.41) is 2.59. The van der Waals surface area contributed by atoms with Crippen molar-refractivity contribution in [1.29, 1.82) is 0 Å². The van der Waals surface area contributed by atoms with E-state index in [1.807, 2.05) is 0 Å². The Morgan fingerprint density at radius 3 is 2.64 bits per heavy atom. The van der Waals surface area contributed by atoms with Crippen molar-refractivity contribution in [1.82, 2.24) is 10.2 Å². The van der Waals surface area contributed by atoms with Gasteiger partial charge in [-0.2, -0.15) is 0 Å². The molecule has 0 unspecified atom stereocenters. The lowest BCUT2D eigenvalue weighted by Gasteiger charge is -2.15. The molecule has 0 aliphatic carbocycles. The van der Waals surface area contributed by atoms with Crippen LogP contribution < -0.4 is 11.1 Å². The van der Waals surface area contributed by atoms with Crippen molar-refractivity contribution in [3.05, 3.63) is 0 Å². The Balaban J connectivity index is 3.65. The van der Waals surface area contributed by atoms with Crippen molar-refractivity contribution in [3.8, 4) is 0 Å². The summed E-state index contributed by atoms with van der Waals surface area (Å²) in [6.07, 6.45) is 0. The lowest BCUT2D eigenvalue weighted by Crippen LogP contribution is -2.41. The van der Waals surface area contributed by atoms with E-state index < -0.39 is 0 Å². The van der Waals surface area contributed by atoms with Gasteiger partial charge in [-0.3, -0.25) is 9.59 Å². The molecule has 2 amide bonds. The molecule has 6 heteroatoms. The molecule has 0 saturated carbocycles. The van der Waals surface area contributed by atoms with Crippen LogP contribution >= 0.6 is 0 Å². The summed E-state index contributed by atoms with van der Waals surface area (Å²) in [6.45, 7) is 0.849. The molecule has 0 radical (unpaired) electrons. The zero-order chi connectivity index (χ0) is 11.0. The zero-order valence-corrected chi connectivity index (χ0v) is 8.58. The summed E-state index contributed by atoms with van der Waals surface area (Å²) in [5.41, 5.74) is 5.13. The van der Waals surface area contributed by atoms with Crippen LogP contribution in [0.4, 0.5) is 0 Å². The third-order valence-electron chi connectivity index (χ3n) is 1.61. The van der Waals surface area contributed by atoms with Crippen molar-refractivity contribution >= 4 is 11.8 Å². The minimum atomic E-state index is -0.258. The molecular weight excluding hydrogens is 186 g/mol. The highest BCUT2D eigenvalue weighted by atomic mass is 16.5. The lowest BCUT2D eigenvalue weighted by molar-refractivity contribution is -0.133. The molecule has 0 saturated heterocycles. The minimum Gasteiger partial charge on any atom is -0.383 e. The first-order valence-corrected chi connectivity index (χ1v) is 4.31. The van der Waals surface area contributed by atoms with Gasteiger partial charge in [0.05, 0.1) is 19.7 Å². The molecular formula is C8H17N3O3. The van der Waals surface area contributed by atoms with E-state index in [4.69, 9.17) is 10.5 Å². The second-order valence-corrected chi connectivity index (χ2v) is 2.80. The van der Waals surface area contributed by atoms with Gasteiger partial charge in [0.1, 0.15) is 0 Å². The van der Waals surface area contributed by atoms with Crippen molar-refractivity contribution in [2.45, 2.75) is 0 Å². The number of carbonyl (C=O) groups excluding carboxylic acids is 2. The van der Waals surface area contributed by atoms with Gasteiger partial charge >= 0.3 is 0 Å². The number of rotatable bonds is 6. The summed E-state index contributed by atoms with van der Waals surface area (Å²) in [4.78, 5) is 23.4. The molecule has 0 spiro atoms. The number of ether oxygens (including phenoxy) is 1.